The molecular weight excluding hydrogens is 264 g/mol. The number of hydrogen-bond donors (Lipinski definition) is 1. The lowest BCUT2D eigenvalue weighted by Crippen LogP contribution is -2.05. The number of carbonyl (C=O) groups excluding carboxylic acids is 1. The summed E-state index contributed by atoms with van der Waals surface area (Å²) in [5.74, 6) is 1.76. The van der Waals surface area contributed by atoms with Crippen LogP contribution in [0.2, 0.25) is 0 Å². The van der Waals surface area contributed by atoms with Crippen LogP contribution >= 0.6 is 12.4 Å². The molecule has 0 bridgehead atoms. The van der Waals surface area contributed by atoms with Gasteiger partial charge in [-0.3, -0.25) is 4.79 Å². The molecular formula is C14H17ClN2O2. The molecule has 0 amide bonds. The monoisotopic (exact) mass is 280 g/mol. The van der Waals surface area contributed by atoms with E-state index in [0.29, 0.717) is 12.8 Å². The van der Waals surface area contributed by atoms with Gasteiger partial charge in [-0.1, -0.05) is 12.1 Å². The molecule has 19 heavy (non-hydrogen) atoms. The molecule has 2 rings (SSSR count). The molecule has 0 spiro atoms. The summed E-state index contributed by atoms with van der Waals surface area (Å²) >= 11 is 0. The van der Waals surface area contributed by atoms with Crippen LogP contribution < -0.4 is 4.74 Å². The third-order valence-electron chi connectivity index (χ3n) is 2.77. The summed E-state index contributed by atoms with van der Waals surface area (Å²) in [5, 5.41) is 0. The number of nitrogens with zero attached hydrogens (tertiary/aromatic N) is 1. The molecule has 0 saturated carbocycles. The first kappa shape index (κ1) is 15.2. The Morgan fingerprint density at radius 3 is 2.63 bits per heavy atom. The first-order chi connectivity index (χ1) is 8.78. The van der Waals surface area contributed by atoms with Crippen LogP contribution in [0, 0.1) is 0 Å². The molecule has 0 unspecified atom stereocenters. The molecule has 0 radical (unpaired) electrons. The Bertz CT molecular complexity index is 495. The summed E-state index contributed by atoms with van der Waals surface area (Å²) in [6.07, 6.45) is 5.05. The topological polar surface area (TPSA) is 55.0 Å². The average Bonchev–Trinajstić information content (AvgIpc) is 2.90. The van der Waals surface area contributed by atoms with Gasteiger partial charge in [-0.2, -0.15) is 0 Å². The van der Waals surface area contributed by atoms with E-state index >= 15 is 0 Å². The summed E-state index contributed by atoms with van der Waals surface area (Å²) in [4.78, 5) is 18.7. The maximum absolute atomic E-state index is 11.7. The third kappa shape index (κ3) is 4.75. The lowest BCUT2D eigenvalue weighted by atomic mass is 10.1. The number of imidazole rings is 1. The number of methoxy groups -OCH3 is 1. The predicted octanol–water partition coefficient (Wildman–Crippen LogP) is 2.58. The smallest absolute Gasteiger partial charge is 0.140 e. The van der Waals surface area contributed by atoms with Gasteiger partial charge < -0.3 is 9.72 Å². The van der Waals surface area contributed by atoms with E-state index in [0.717, 1.165) is 23.6 Å². The summed E-state index contributed by atoms with van der Waals surface area (Å²) in [6, 6.07) is 7.79. The lowest BCUT2D eigenvalue weighted by molar-refractivity contribution is -0.118. The predicted molar refractivity (Wildman–Crippen MR) is 75.9 cm³/mol. The molecule has 1 heterocycles. The van der Waals surface area contributed by atoms with Crippen LogP contribution in [-0.4, -0.2) is 22.9 Å². The van der Waals surface area contributed by atoms with Gasteiger partial charge in [0.25, 0.3) is 0 Å². The van der Waals surface area contributed by atoms with E-state index in [-0.39, 0.29) is 18.2 Å². The van der Waals surface area contributed by atoms with Gasteiger partial charge in [0.05, 0.1) is 13.5 Å². The van der Waals surface area contributed by atoms with E-state index in [1.54, 1.807) is 19.5 Å². The van der Waals surface area contributed by atoms with Gasteiger partial charge >= 0.3 is 0 Å². The van der Waals surface area contributed by atoms with E-state index < -0.39 is 0 Å². The number of rotatable bonds is 6. The van der Waals surface area contributed by atoms with Gasteiger partial charge in [0.1, 0.15) is 17.4 Å². The Labute approximate surface area is 118 Å². The van der Waals surface area contributed by atoms with Crippen molar-refractivity contribution in [2.75, 3.05) is 7.11 Å². The summed E-state index contributed by atoms with van der Waals surface area (Å²) < 4.78 is 5.09. The van der Waals surface area contributed by atoms with E-state index in [1.807, 2.05) is 24.3 Å². The number of Topliss-reactive ketones (excluding diaryl/α,β-unsaturated/α-hetero) is 1. The number of nitrogens with one attached hydrogen (secondary N) is 1. The highest BCUT2D eigenvalue weighted by molar-refractivity contribution is 5.85. The number of benzene rings is 1. The summed E-state index contributed by atoms with van der Waals surface area (Å²) in [6.45, 7) is 0. The second-order valence-electron chi connectivity index (χ2n) is 4.10. The number of aryl methyl sites for hydroxylation is 1. The molecule has 1 aromatic heterocycles. The number of ether oxygens (including phenoxy) is 1. The first-order valence-electron chi connectivity index (χ1n) is 5.91. The van der Waals surface area contributed by atoms with Crippen LogP contribution in [0.25, 0.3) is 0 Å². The molecule has 1 aromatic carbocycles. The van der Waals surface area contributed by atoms with E-state index in [9.17, 15) is 4.79 Å². The molecule has 0 aliphatic heterocycles. The van der Waals surface area contributed by atoms with Crippen LogP contribution in [0.3, 0.4) is 0 Å². The zero-order chi connectivity index (χ0) is 12.8. The fraction of sp³-hybridized carbons (Fsp3) is 0.286. The molecule has 0 fully saturated rings. The Balaban J connectivity index is 0.00000180. The highest BCUT2D eigenvalue weighted by Crippen LogP contribution is 2.12. The number of halogens is 1. The Hall–Kier alpha value is -1.81. The standard InChI is InChI=1S/C14H16N2O2.ClH/c1-18-13-6-3-11(4-7-13)2-5-12(17)10-14-15-8-9-16-14;/h3-4,6-9H,2,5,10H2,1H3,(H,15,16);1H. The molecule has 0 saturated heterocycles. The van der Waals surface area contributed by atoms with E-state index in [4.69, 9.17) is 4.74 Å². The Morgan fingerprint density at radius 2 is 2.05 bits per heavy atom. The van der Waals surface area contributed by atoms with Crippen LogP contribution in [0.5, 0.6) is 5.75 Å². The molecule has 2 aromatic rings. The second-order valence-corrected chi connectivity index (χ2v) is 4.10. The highest BCUT2D eigenvalue weighted by Gasteiger charge is 2.06. The first-order valence-corrected chi connectivity index (χ1v) is 5.91. The maximum atomic E-state index is 11.7. The maximum Gasteiger partial charge on any atom is 0.140 e. The summed E-state index contributed by atoms with van der Waals surface area (Å²) in [7, 11) is 1.64. The van der Waals surface area contributed by atoms with Gasteiger partial charge in [-0.15, -0.1) is 12.4 Å². The van der Waals surface area contributed by atoms with E-state index in [2.05, 4.69) is 9.97 Å². The number of hydrogen-bond acceptors (Lipinski definition) is 3. The quantitative estimate of drug-likeness (QED) is 0.885. The van der Waals surface area contributed by atoms with Crippen LogP contribution in [0.1, 0.15) is 17.8 Å². The number of ketones is 1. The van der Waals surface area contributed by atoms with Gasteiger partial charge in [0.15, 0.2) is 0 Å². The molecule has 0 aliphatic carbocycles. The van der Waals surface area contributed by atoms with Crippen molar-refractivity contribution in [3.8, 4) is 5.75 Å². The molecule has 0 aliphatic rings. The van der Waals surface area contributed by atoms with Crippen molar-refractivity contribution in [1.82, 2.24) is 9.97 Å². The summed E-state index contributed by atoms with van der Waals surface area (Å²) in [5.41, 5.74) is 1.14. The minimum Gasteiger partial charge on any atom is -0.497 e. The Morgan fingerprint density at radius 1 is 1.32 bits per heavy atom. The molecule has 0 atom stereocenters. The van der Waals surface area contributed by atoms with Gasteiger partial charge in [-0.05, 0) is 24.1 Å². The Kier molecular flexibility index (Phi) is 6.09. The van der Waals surface area contributed by atoms with Gasteiger partial charge in [-0.25, -0.2) is 4.98 Å². The molecule has 4 nitrogen and oxygen atoms in total. The van der Waals surface area contributed by atoms with Crippen molar-refractivity contribution in [2.24, 2.45) is 0 Å². The molecule has 102 valence electrons. The van der Waals surface area contributed by atoms with Gasteiger partial charge in [0, 0.05) is 18.8 Å². The van der Waals surface area contributed by atoms with Crippen molar-refractivity contribution in [2.45, 2.75) is 19.3 Å². The highest BCUT2D eigenvalue weighted by atomic mass is 35.5. The van der Waals surface area contributed by atoms with Crippen molar-refractivity contribution >= 4 is 18.2 Å². The van der Waals surface area contributed by atoms with Gasteiger partial charge in [0.2, 0.25) is 0 Å². The molecule has 1 N–H and O–H groups in total. The van der Waals surface area contributed by atoms with Crippen LogP contribution in [0.15, 0.2) is 36.7 Å². The number of aromatic amines is 1. The minimum atomic E-state index is 0. The van der Waals surface area contributed by atoms with E-state index in [1.165, 1.54) is 0 Å². The zero-order valence-electron chi connectivity index (χ0n) is 10.8. The van der Waals surface area contributed by atoms with Crippen LogP contribution in [-0.2, 0) is 17.6 Å². The average molecular weight is 281 g/mol. The third-order valence-corrected chi connectivity index (χ3v) is 2.77. The van der Waals surface area contributed by atoms with Crippen molar-refractivity contribution < 1.29 is 9.53 Å². The molecule has 5 heteroatoms. The van der Waals surface area contributed by atoms with Crippen molar-refractivity contribution in [3.05, 3.63) is 48.0 Å². The minimum absolute atomic E-state index is 0. The number of H-pyrrole nitrogens is 1. The zero-order valence-corrected chi connectivity index (χ0v) is 11.6. The fourth-order valence-corrected chi connectivity index (χ4v) is 1.75. The number of aromatic nitrogens is 2. The largest absolute Gasteiger partial charge is 0.497 e. The van der Waals surface area contributed by atoms with Crippen molar-refractivity contribution in [1.29, 1.82) is 0 Å². The second kappa shape index (κ2) is 7.59. The van der Waals surface area contributed by atoms with Crippen molar-refractivity contribution in [3.63, 3.8) is 0 Å². The lowest BCUT2D eigenvalue weighted by Gasteiger charge is -2.03. The SMILES string of the molecule is COc1ccc(CCC(=O)Cc2ncc[nH]2)cc1.Cl. The fourth-order valence-electron chi connectivity index (χ4n) is 1.75. The number of carbonyl (C=O) groups is 1. The normalized spacial score (nSPS) is 9.74. The van der Waals surface area contributed by atoms with Crippen LogP contribution in [0.4, 0.5) is 0 Å².